The molecule has 4 rings (SSSR count). The zero-order valence-electron chi connectivity index (χ0n) is 12.9. The molecule has 0 aromatic heterocycles. The molecule has 0 N–H and O–H groups in total. The number of imide groups is 1. The molecule has 4 atom stereocenters. The second-order valence-corrected chi connectivity index (χ2v) is 7.07. The summed E-state index contributed by atoms with van der Waals surface area (Å²) < 4.78 is 5.91. The van der Waals surface area contributed by atoms with Crippen LogP contribution in [0.15, 0.2) is 30.4 Å². The summed E-state index contributed by atoms with van der Waals surface area (Å²) in [4.78, 5) is 37.2. The topological polar surface area (TPSA) is 89.8 Å². The lowest BCUT2D eigenvalue weighted by Crippen LogP contribution is -2.39. The van der Waals surface area contributed by atoms with Crippen molar-refractivity contribution in [1.82, 2.24) is 0 Å². The number of carbonyl (C=O) groups is 2. The Morgan fingerprint density at radius 3 is 2.21 bits per heavy atom. The van der Waals surface area contributed by atoms with E-state index in [4.69, 9.17) is 16.3 Å². The molecule has 1 aromatic carbocycles. The van der Waals surface area contributed by atoms with Crippen LogP contribution < -0.4 is 4.90 Å². The first-order valence-electron chi connectivity index (χ1n) is 7.40. The number of amides is 2. The van der Waals surface area contributed by atoms with Gasteiger partial charge in [0, 0.05) is 12.1 Å². The lowest BCUT2D eigenvalue weighted by atomic mass is 9.73. The Morgan fingerprint density at radius 2 is 1.71 bits per heavy atom. The third kappa shape index (κ3) is 1.71. The number of ether oxygens (including phenoxy) is 1. The molecule has 0 saturated carbocycles. The maximum atomic E-state index is 12.9. The zero-order valence-corrected chi connectivity index (χ0v) is 13.6. The molecular weight excluding hydrogens is 336 g/mol. The molecule has 0 aliphatic carbocycles. The Bertz CT molecular complexity index is 817. The molecule has 2 saturated heterocycles. The number of nitrogens with zero attached hydrogens (tertiary/aromatic N) is 2. The minimum Gasteiger partial charge on any atom is -0.359 e. The fourth-order valence-corrected chi connectivity index (χ4v) is 4.26. The van der Waals surface area contributed by atoms with Crippen molar-refractivity contribution in [3.63, 3.8) is 0 Å². The number of fused-ring (bicyclic) bond motifs is 5. The van der Waals surface area contributed by atoms with Gasteiger partial charge in [-0.05, 0) is 19.9 Å². The number of non-ortho nitro benzene ring substituents is 1. The number of carbonyl (C=O) groups excluding carboxylic acids is 2. The van der Waals surface area contributed by atoms with Crippen molar-refractivity contribution < 1.29 is 19.2 Å². The highest BCUT2D eigenvalue weighted by molar-refractivity contribution is 6.36. The van der Waals surface area contributed by atoms with Gasteiger partial charge in [-0.25, -0.2) is 4.90 Å². The van der Waals surface area contributed by atoms with Crippen LogP contribution in [0.3, 0.4) is 0 Å². The van der Waals surface area contributed by atoms with Gasteiger partial charge in [0.05, 0.1) is 38.7 Å². The second kappa shape index (κ2) is 4.43. The Kier molecular flexibility index (Phi) is 2.82. The van der Waals surface area contributed by atoms with Gasteiger partial charge < -0.3 is 4.74 Å². The van der Waals surface area contributed by atoms with Crippen LogP contribution in [0.5, 0.6) is 0 Å². The van der Waals surface area contributed by atoms with E-state index in [1.807, 2.05) is 0 Å². The molecule has 2 amide bonds. The van der Waals surface area contributed by atoms with E-state index >= 15 is 0 Å². The highest BCUT2D eigenvalue weighted by Gasteiger charge is 2.70. The number of hydrogen-bond acceptors (Lipinski definition) is 5. The monoisotopic (exact) mass is 348 g/mol. The molecule has 3 heterocycles. The van der Waals surface area contributed by atoms with Crippen LogP contribution in [0, 0.1) is 22.0 Å². The van der Waals surface area contributed by atoms with Crippen LogP contribution in [-0.2, 0) is 14.3 Å². The number of nitro benzene ring substituents is 1. The lowest BCUT2D eigenvalue weighted by molar-refractivity contribution is -0.384. The van der Waals surface area contributed by atoms with Crippen LogP contribution in [-0.4, -0.2) is 27.9 Å². The molecule has 124 valence electrons. The Morgan fingerprint density at radius 1 is 1.17 bits per heavy atom. The van der Waals surface area contributed by atoms with Crippen molar-refractivity contribution in [2.75, 3.05) is 4.90 Å². The summed E-state index contributed by atoms with van der Waals surface area (Å²) in [5.74, 6) is -2.20. The third-order valence-corrected chi connectivity index (χ3v) is 5.43. The molecule has 0 spiro atoms. The van der Waals surface area contributed by atoms with Gasteiger partial charge in [-0.1, -0.05) is 23.8 Å². The van der Waals surface area contributed by atoms with Crippen molar-refractivity contribution in [3.8, 4) is 0 Å². The largest absolute Gasteiger partial charge is 0.359 e. The van der Waals surface area contributed by atoms with Gasteiger partial charge in [-0.2, -0.15) is 0 Å². The lowest BCUT2D eigenvalue weighted by Gasteiger charge is -2.25. The van der Waals surface area contributed by atoms with Crippen LogP contribution in [0.2, 0.25) is 5.02 Å². The van der Waals surface area contributed by atoms with Crippen LogP contribution >= 0.6 is 11.6 Å². The van der Waals surface area contributed by atoms with Crippen LogP contribution in [0.4, 0.5) is 11.4 Å². The highest BCUT2D eigenvalue weighted by atomic mass is 35.5. The standard InChI is InChI=1S/C16H13ClN2O5/c1-15-5-6-16(2,24-15)12-11(15)13(20)18(14(12)21)10-7-8(19(22)23)3-4-9(10)17/h3-7,11-12H,1-2H3/t11-,12-,15-,16-/m1/s1. The van der Waals surface area contributed by atoms with E-state index in [0.717, 1.165) is 11.0 Å². The van der Waals surface area contributed by atoms with E-state index in [2.05, 4.69) is 0 Å². The quantitative estimate of drug-likeness (QED) is 0.354. The molecule has 0 unspecified atom stereocenters. The summed E-state index contributed by atoms with van der Waals surface area (Å²) in [5, 5.41) is 11.1. The van der Waals surface area contributed by atoms with E-state index in [9.17, 15) is 19.7 Å². The average Bonchev–Trinajstić information content (AvgIpc) is 3.05. The van der Waals surface area contributed by atoms with Gasteiger partial charge in [0.1, 0.15) is 0 Å². The first kappa shape index (κ1) is 15.3. The molecule has 2 fully saturated rings. The third-order valence-electron chi connectivity index (χ3n) is 5.11. The maximum Gasteiger partial charge on any atom is 0.271 e. The van der Waals surface area contributed by atoms with Crippen LogP contribution in [0.25, 0.3) is 0 Å². The van der Waals surface area contributed by atoms with Crippen molar-refractivity contribution in [3.05, 3.63) is 45.5 Å². The van der Waals surface area contributed by atoms with E-state index in [-0.39, 0.29) is 16.4 Å². The molecule has 7 nitrogen and oxygen atoms in total. The average molecular weight is 349 g/mol. The van der Waals surface area contributed by atoms with E-state index < -0.39 is 39.8 Å². The summed E-state index contributed by atoms with van der Waals surface area (Å²) >= 11 is 6.11. The maximum absolute atomic E-state index is 12.9. The molecule has 24 heavy (non-hydrogen) atoms. The van der Waals surface area contributed by atoms with Gasteiger partial charge in [-0.3, -0.25) is 19.7 Å². The van der Waals surface area contributed by atoms with E-state index in [1.165, 1.54) is 12.1 Å². The number of nitro groups is 1. The minimum absolute atomic E-state index is 0.0434. The first-order valence-corrected chi connectivity index (χ1v) is 7.78. The fraction of sp³-hybridized carbons (Fsp3) is 0.375. The van der Waals surface area contributed by atoms with E-state index in [0.29, 0.717) is 0 Å². The molecule has 3 aliphatic rings. The van der Waals surface area contributed by atoms with Gasteiger partial charge >= 0.3 is 0 Å². The van der Waals surface area contributed by atoms with Crippen molar-refractivity contribution in [2.24, 2.45) is 11.8 Å². The number of benzene rings is 1. The van der Waals surface area contributed by atoms with Crippen molar-refractivity contribution in [1.29, 1.82) is 0 Å². The normalized spacial score (nSPS) is 36.5. The van der Waals surface area contributed by atoms with E-state index in [1.54, 1.807) is 26.0 Å². The Balaban J connectivity index is 1.83. The molecule has 2 bridgehead atoms. The zero-order chi connectivity index (χ0) is 17.4. The fourth-order valence-electron chi connectivity index (χ4n) is 4.05. The molecular formula is C16H13ClN2O5. The number of rotatable bonds is 2. The molecule has 3 aliphatic heterocycles. The second-order valence-electron chi connectivity index (χ2n) is 6.66. The molecule has 1 aromatic rings. The van der Waals surface area contributed by atoms with Crippen molar-refractivity contribution in [2.45, 2.75) is 25.0 Å². The van der Waals surface area contributed by atoms with Gasteiger partial charge in [0.25, 0.3) is 5.69 Å². The predicted molar refractivity (Wildman–Crippen MR) is 84.6 cm³/mol. The van der Waals surface area contributed by atoms with Crippen molar-refractivity contribution >= 4 is 34.8 Å². The summed E-state index contributed by atoms with van der Waals surface area (Å²) in [7, 11) is 0. The molecule has 8 heteroatoms. The number of anilines is 1. The summed E-state index contributed by atoms with van der Waals surface area (Å²) in [6, 6.07) is 3.70. The predicted octanol–water partition coefficient (Wildman–Crippen LogP) is 2.47. The summed E-state index contributed by atoms with van der Waals surface area (Å²) in [6.45, 7) is 3.53. The SMILES string of the molecule is C[C@]12C=C[C@@](C)(O1)[C@H]1C(=O)N(c3cc([N+](=O)[O-])ccc3Cl)C(=O)[C@@H]12. The minimum atomic E-state index is -0.853. The van der Waals surface area contributed by atoms with Crippen LogP contribution in [0.1, 0.15) is 13.8 Å². The molecule has 0 radical (unpaired) electrons. The number of hydrogen-bond donors (Lipinski definition) is 0. The number of halogens is 1. The van der Waals surface area contributed by atoms with Gasteiger partial charge in [-0.15, -0.1) is 0 Å². The Labute approximate surface area is 142 Å². The highest BCUT2D eigenvalue weighted by Crippen LogP contribution is 2.57. The van der Waals surface area contributed by atoms with Gasteiger partial charge in [0.15, 0.2) is 0 Å². The summed E-state index contributed by atoms with van der Waals surface area (Å²) in [5.41, 5.74) is -1.90. The van der Waals surface area contributed by atoms with Gasteiger partial charge in [0.2, 0.25) is 11.8 Å². The first-order chi connectivity index (χ1) is 11.2. The summed E-state index contributed by atoms with van der Waals surface area (Å²) in [6.07, 6.45) is 3.61. The Hall–Kier alpha value is -2.25. The smallest absolute Gasteiger partial charge is 0.271 e.